The van der Waals surface area contributed by atoms with Gasteiger partial charge in [0, 0.05) is 13.1 Å². The largest absolute Gasteiger partial charge is 0.508 e. The van der Waals surface area contributed by atoms with Crippen molar-refractivity contribution in [1.29, 1.82) is 0 Å². The van der Waals surface area contributed by atoms with Crippen molar-refractivity contribution in [3.63, 3.8) is 0 Å². The number of amides is 1. The quantitative estimate of drug-likeness (QED) is 0.769. The van der Waals surface area contributed by atoms with Gasteiger partial charge < -0.3 is 10.0 Å². The second-order valence-electron chi connectivity index (χ2n) is 7.98. The number of carbonyl (C=O) groups excluding carboxylic acids is 1. The Bertz CT molecular complexity index is 938. The topological polar surface area (TPSA) is 43.8 Å². The molecule has 30 heavy (non-hydrogen) atoms. The van der Waals surface area contributed by atoms with Crippen LogP contribution in [-0.2, 0) is 11.3 Å². The molecule has 2 heterocycles. The first-order valence-corrected chi connectivity index (χ1v) is 10.3. The first-order valence-electron chi connectivity index (χ1n) is 9.88. The van der Waals surface area contributed by atoms with Gasteiger partial charge in [0.05, 0.1) is 23.5 Å². The molecule has 4 nitrogen and oxygen atoms in total. The van der Waals surface area contributed by atoms with E-state index in [-0.39, 0.29) is 29.6 Å². The molecule has 0 saturated carbocycles. The molecule has 0 aliphatic carbocycles. The summed E-state index contributed by atoms with van der Waals surface area (Å²) < 4.78 is 43.5. The van der Waals surface area contributed by atoms with E-state index in [1.807, 2.05) is 0 Å². The van der Waals surface area contributed by atoms with E-state index in [2.05, 4.69) is 0 Å². The number of phenols is 1. The van der Waals surface area contributed by atoms with Crippen LogP contribution in [-0.4, -0.2) is 52.4 Å². The Hall–Kier alpha value is -2.25. The summed E-state index contributed by atoms with van der Waals surface area (Å²) in [5.41, 5.74) is 1.10. The number of hydrogen-bond acceptors (Lipinski definition) is 3. The van der Waals surface area contributed by atoms with Crippen LogP contribution >= 0.6 is 11.6 Å². The molecule has 8 heteroatoms. The highest BCUT2D eigenvalue weighted by molar-refractivity contribution is 6.30. The van der Waals surface area contributed by atoms with E-state index < -0.39 is 30.2 Å². The molecule has 0 bridgehead atoms. The molecule has 0 radical (unpaired) electrons. The summed E-state index contributed by atoms with van der Waals surface area (Å²) in [7, 11) is 0. The van der Waals surface area contributed by atoms with Gasteiger partial charge in [-0.3, -0.25) is 9.69 Å². The molecule has 2 aromatic rings. The Morgan fingerprint density at radius 3 is 2.50 bits per heavy atom. The predicted molar refractivity (Wildman–Crippen MR) is 107 cm³/mol. The smallest absolute Gasteiger partial charge is 0.267 e. The maximum atomic E-state index is 14.9. The molecule has 2 aromatic carbocycles. The lowest BCUT2D eigenvalue weighted by Gasteiger charge is -2.40. The number of halogens is 4. The molecular weight excluding hydrogens is 417 g/mol. The lowest BCUT2D eigenvalue weighted by atomic mass is 9.85. The van der Waals surface area contributed by atoms with E-state index in [0.717, 1.165) is 0 Å². The standard InChI is InChI=1S/C22H22ClF3N2O2/c23-18-6-1-14(11-19(18)24)12-27-10-8-20(21(27)30)28-9-7-17(22(25,26)13-28)15-2-4-16(29)5-3-15/h1-6,11,17,20,29H,7-10,12-13H2/t17?,20-/m1/s1. The number of alkyl halides is 2. The van der Waals surface area contributed by atoms with Crippen LogP contribution in [0.15, 0.2) is 42.5 Å². The second kappa shape index (κ2) is 8.12. The SMILES string of the molecule is O=C1[C@H](N2CCC(c3ccc(O)cc3)C(F)(F)C2)CCN1Cc1ccc(Cl)c(F)c1. The number of benzene rings is 2. The monoisotopic (exact) mass is 438 g/mol. The molecule has 2 aliphatic rings. The molecule has 1 N–H and O–H groups in total. The van der Waals surface area contributed by atoms with Crippen molar-refractivity contribution in [3.8, 4) is 5.75 Å². The van der Waals surface area contributed by atoms with Crippen LogP contribution in [0, 0.1) is 5.82 Å². The minimum atomic E-state index is -2.98. The molecule has 2 saturated heterocycles. The third-order valence-corrected chi connectivity index (χ3v) is 6.30. The van der Waals surface area contributed by atoms with Gasteiger partial charge >= 0.3 is 0 Å². The molecule has 2 fully saturated rings. The summed E-state index contributed by atoms with van der Waals surface area (Å²) in [6.07, 6.45) is 0.693. The number of rotatable bonds is 4. The van der Waals surface area contributed by atoms with Gasteiger partial charge in [-0.05, 0) is 54.8 Å². The Morgan fingerprint density at radius 2 is 1.83 bits per heavy atom. The molecular formula is C22H22ClF3N2O2. The number of likely N-dealkylation sites (tertiary alicyclic amines) is 2. The Balaban J connectivity index is 1.42. The number of aromatic hydroxyl groups is 1. The fourth-order valence-corrected chi connectivity index (χ4v) is 4.54. The first kappa shape index (κ1) is 21.0. The summed E-state index contributed by atoms with van der Waals surface area (Å²) in [5.74, 6) is -4.64. The van der Waals surface area contributed by atoms with Crippen molar-refractivity contribution in [2.24, 2.45) is 0 Å². The zero-order chi connectivity index (χ0) is 21.5. The van der Waals surface area contributed by atoms with Gasteiger partial charge in [-0.2, -0.15) is 0 Å². The summed E-state index contributed by atoms with van der Waals surface area (Å²) in [5, 5.41) is 9.41. The average Bonchev–Trinajstić information content (AvgIpc) is 3.05. The lowest BCUT2D eigenvalue weighted by molar-refractivity contribution is -0.138. The van der Waals surface area contributed by atoms with Crippen LogP contribution < -0.4 is 0 Å². The molecule has 0 spiro atoms. The van der Waals surface area contributed by atoms with E-state index in [9.17, 15) is 23.1 Å². The van der Waals surface area contributed by atoms with Gasteiger partial charge in [0.15, 0.2) is 0 Å². The van der Waals surface area contributed by atoms with Crippen molar-refractivity contribution in [2.75, 3.05) is 19.6 Å². The highest BCUT2D eigenvalue weighted by Gasteiger charge is 2.49. The minimum Gasteiger partial charge on any atom is -0.508 e. The van der Waals surface area contributed by atoms with Gasteiger partial charge in [-0.25, -0.2) is 13.2 Å². The van der Waals surface area contributed by atoms with E-state index in [4.69, 9.17) is 11.6 Å². The highest BCUT2D eigenvalue weighted by Crippen LogP contribution is 2.42. The maximum Gasteiger partial charge on any atom is 0.267 e. The molecule has 1 unspecified atom stereocenters. The maximum absolute atomic E-state index is 14.9. The fraction of sp³-hybridized carbons (Fsp3) is 0.409. The summed E-state index contributed by atoms with van der Waals surface area (Å²) >= 11 is 5.70. The van der Waals surface area contributed by atoms with Gasteiger partial charge in [0.1, 0.15) is 11.6 Å². The van der Waals surface area contributed by atoms with Crippen LogP contribution in [0.5, 0.6) is 5.75 Å². The summed E-state index contributed by atoms with van der Waals surface area (Å²) in [4.78, 5) is 16.0. The number of phenolic OH excluding ortho intramolecular Hbond substituents is 1. The third kappa shape index (κ3) is 4.14. The highest BCUT2D eigenvalue weighted by atomic mass is 35.5. The van der Waals surface area contributed by atoms with Crippen LogP contribution in [0.2, 0.25) is 5.02 Å². The summed E-state index contributed by atoms with van der Waals surface area (Å²) in [6.45, 7) is 0.570. The van der Waals surface area contributed by atoms with Crippen LogP contribution in [0.25, 0.3) is 0 Å². The average molecular weight is 439 g/mol. The van der Waals surface area contributed by atoms with Crippen molar-refractivity contribution in [2.45, 2.75) is 37.3 Å². The Kier molecular flexibility index (Phi) is 5.68. The molecule has 0 aromatic heterocycles. The van der Waals surface area contributed by atoms with Gasteiger partial charge in [0.2, 0.25) is 5.91 Å². The lowest BCUT2D eigenvalue weighted by Crippen LogP contribution is -2.53. The van der Waals surface area contributed by atoms with Crippen molar-refractivity contribution in [3.05, 3.63) is 64.4 Å². The van der Waals surface area contributed by atoms with Crippen LogP contribution in [0.4, 0.5) is 13.2 Å². The van der Waals surface area contributed by atoms with Crippen molar-refractivity contribution >= 4 is 17.5 Å². The number of carbonyl (C=O) groups is 1. The third-order valence-electron chi connectivity index (χ3n) is 5.99. The van der Waals surface area contributed by atoms with E-state index in [0.29, 0.717) is 30.6 Å². The predicted octanol–water partition coefficient (Wildman–Crippen LogP) is 4.41. The van der Waals surface area contributed by atoms with Crippen LogP contribution in [0.1, 0.15) is 29.9 Å². The van der Waals surface area contributed by atoms with Crippen molar-refractivity contribution < 1.29 is 23.1 Å². The molecule has 4 rings (SSSR count). The zero-order valence-corrected chi connectivity index (χ0v) is 17.0. The molecule has 1 amide bonds. The summed E-state index contributed by atoms with van der Waals surface area (Å²) in [6, 6.07) is 9.68. The fourth-order valence-electron chi connectivity index (χ4n) is 4.43. The Labute approximate surface area is 177 Å². The normalized spacial score (nSPS) is 24.4. The number of piperidine rings is 1. The Morgan fingerprint density at radius 1 is 1.10 bits per heavy atom. The molecule has 160 valence electrons. The second-order valence-corrected chi connectivity index (χ2v) is 8.38. The first-order chi connectivity index (χ1) is 14.2. The van der Waals surface area contributed by atoms with E-state index >= 15 is 0 Å². The van der Waals surface area contributed by atoms with Gasteiger partial charge in [0.25, 0.3) is 5.92 Å². The minimum absolute atomic E-state index is 0.0168. The number of hydrogen-bond donors (Lipinski definition) is 1. The van der Waals surface area contributed by atoms with E-state index in [1.165, 1.54) is 36.4 Å². The van der Waals surface area contributed by atoms with Gasteiger partial charge in [-0.15, -0.1) is 0 Å². The zero-order valence-electron chi connectivity index (χ0n) is 16.2. The van der Waals surface area contributed by atoms with Crippen molar-refractivity contribution in [1.82, 2.24) is 9.80 Å². The molecule has 2 atom stereocenters. The molecule has 2 aliphatic heterocycles. The van der Waals surface area contributed by atoms with E-state index in [1.54, 1.807) is 15.9 Å². The van der Waals surface area contributed by atoms with Gasteiger partial charge in [-0.1, -0.05) is 29.8 Å². The van der Waals surface area contributed by atoms with Crippen LogP contribution in [0.3, 0.4) is 0 Å². The number of nitrogens with zero attached hydrogens (tertiary/aromatic N) is 2.